The molecule has 1 aliphatic heterocycles. The first-order chi connectivity index (χ1) is 3.84. The van der Waals surface area contributed by atoms with Gasteiger partial charge in [0.25, 0.3) is 0 Å². The molecule has 1 heterocycles. The summed E-state index contributed by atoms with van der Waals surface area (Å²) in [6, 6.07) is 0. The zero-order valence-electron chi connectivity index (χ0n) is 5.39. The maximum atomic E-state index is 5.24. The van der Waals surface area contributed by atoms with Crippen molar-refractivity contribution in [2.45, 2.75) is 26.1 Å². The molecule has 48 valence electrons. The predicted molar refractivity (Wildman–Crippen MR) is 30.8 cm³/mol. The van der Waals surface area contributed by atoms with E-state index in [1.54, 1.807) is 0 Å². The topological polar surface area (TPSA) is 21.8 Å². The molecule has 2 nitrogen and oxygen atoms in total. The fourth-order valence-electron chi connectivity index (χ4n) is 0.697. The molecule has 1 rings (SSSR count). The van der Waals surface area contributed by atoms with E-state index in [1.165, 1.54) is 0 Å². The number of hydrogen-bond acceptors (Lipinski definition) is 2. The minimum atomic E-state index is 0.306. The summed E-state index contributed by atoms with van der Waals surface area (Å²) in [5.74, 6) is 0. The van der Waals surface area contributed by atoms with E-state index in [9.17, 15) is 0 Å². The Kier molecular flexibility index (Phi) is 1.86. The standard InChI is InChI=1S/C6H12O2/c1-3-7-5(2)6-4-8-6/h5-6H,3-4H2,1-2H3. The molecule has 0 aromatic carbocycles. The largest absolute Gasteiger partial charge is 0.376 e. The second-order valence-electron chi connectivity index (χ2n) is 2.03. The predicted octanol–water partition coefficient (Wildman–Crippen LogP) is 0.810. The monoisotopic (exact) mass is 116 g/mol. The van der Waals surface area contributed by atoms with Gasteiger partial charge < -0.3 is 9.47 Å². The minimum Gasteiger partial charge on any atom is -0.376 e. The Morgan fingerprint density at radius 2 is 2.50 bits per heavy atom. The summed E-state index contributed by atoms with van der Waals surface area (Å²) >= 11 is 0. The van der Waals surface area contributed by atoms with E-state index in [0.29, 0.717) is 12.2 Å². The van der Waals surface area contributed by atoms with Crippen LogP contribution in [0.1, 0.15) is 13.8 Å². The summed E-state index contributed by atoms with van der Waals surface area (Å²) in [4.78, 5) is 0. The lowest BCUT2D eigenvalue weighted by atomic mass is 10.3. The summed E-state index contributed by atoms with van der Waals surface area (Å²) in [7, 11) is 0. The van der Waals surface area contributed by atoms with Gasteiger partial charge in [-0.05, 0) is 13.8 Å². The molecule has 2 atom stereocenters. The Morgan fingerprint density at radius 3 is 2.88 bits per heavy atom. The Labute approximate surface area is 49.8 Å². The van der Waals surface area contributed by atoms with Gasteiger partial charge in [0, 0.05) is 6.61 Å². The van der Waals surface area contributed by atoms with Gasteiger partial charge in [0.1, 0.15) is 6.10 Å². The molecule has 1 saturated heterocycles. The molecule has 0 radical (unpaired) electrons. The molecule has 0 aromatic rings. The Balaban J connectivity index is 2.03. The van der Waals surface area contributed by atoms with Crippen molar-refractivity contribution in [1.82, 2.24) is 0 Å². The zero-order valence-corrected chi connectivity index (χ0v) is 5.39. The fraction of sp³-hybridized carbons (Fsp3) is 1.00. The average Bonchev–Trinajstić information content (AvgIpc) is 2.45. The molecule has 2 unspecified atom stereocenters. The van der Waals surface area contributed by atoms with Crippen LogP contribution in [0.25, 0.3) is 0 Å². The molecule has 0 amide bonds. The van der Waals surface area contributed by atoms with Crippen molar-refractivity contribution >= 4 is 0 Å². The van der Waals surface area contributed by atoms with Gasteiger partial charge in [0.2, 0.25) is 0 Å². The molecule has 2 heteroatoms. The zero-order chi connectivity index (χ0) is 5.98. The van der Waals surface area contributed by atoms with Crippen LogP contribution < -0.4 is 0 Å². The van der Waals surface area contributed by atoms with E-state index in [1.807, 2.05) is 13.8 Å². The van der Waals surface area contributed by atoms with Crippen LogP contribution in [0.4, 0.5) is 0 Å². The highest BCUT2D eigenvalue weighted by Gasteiger charge is 2.29. The van der Waals surface area contributed by atoms with Crippen LogP contribution in [0.3, 0.4) is 0 Å². The second-order valence-corrected chi connectivity index (χ2v) is 2.03. The van der Waals surface area contributed by atoms with Gasteiger partial charge in [-0.2, -0.15) is 0 Å². The molecule has 0 N–H and O–H groups in total. The van der Waals surface area contributed by atoms with E-state index in [2.05, 4.69) is 0 Å². The third kappa shape index (κ3) is 1.46. The summed E-state index contributed by atoms with van der Waals surface area (Å²) in [5, 5.41) is 0. The Hall–Kier alpha value is -0.0800. The summed E-state index contributed by atoms with van der Waals surface area (Å²) in [6.07, 6.45) is 0.704. The third-order valence-electron chi connectivity index (χ3n) is 1.31. The van der Waals surface area contributed by atoms with Gasteiger partial charge >= 0.3 is 0 Å². The van der Waals surface area contributed by atoms with Crippen LogP contribution in [-0.4, -0.2) is 25.4 Å². The molecular weight excluding hydrogens is 104 g/mol. The Bertz CT molecular complexity index is 68.9. The molecule has 1 aliphatic rings. The maximum absolute atomic E-state index is 5.24. The summed E-state index contributed by atoms with van der Waals surface area (Å²) in [6.45, 7) is 5.72. The lowest BCUT2D eigenvalue weighted by Crippen LogP contribution is -2.14. The smallest absolute Gasteiger partial charge is 0.107 e. The fourth-order valence-corrected chi connectivity index (χ4v) is 0.697. The lowest BCUT2D eigenvalue weighted by molar-refractivity contribution is 0.0549. The molecule has 0 bridgehead atoms. The van der Waals surface area contributed by atoms with Gasteiger partial charge in [-0.1, -0.05) is 0 Å². The molecule has 0 aromatic heterocycles. The third-order valence-corrected chi connectivity index (χ3v) is 1.31. The molecule has 8 heavy (non-hydrogen) atoms. The molecular formula is C6H12O2. The van der Waals surface area contributed by atoms with Crippen LogP contribution in [0, 0.1) is 0 Å². The first-order valence-corrected chi connectivity index (χ1v) is 3.07. The van der Waals surface area contributed by atoms with Crippen molar-refractivity contribution in [2.24, 2.45) is 0 Å². The van der Waals surface area contributed by atoms with Crippen molar-refractivity contribution in [1.29, 1.82) is 0 Å². The second kappa shape index (κ2) is 2.46. The first-order valence-electron chi connectivity index (χ1n) is 3.07. The first kappa shape index (κ1) is 6.05. The van der Waals surface area contributed by atoms with E-state index in [0.717, 1.165) is 13.2 Å². The van der Waals surface area contributed by atoms with Gasteiger partial charge in [0.05, 0.1) is 12.7 Å². The number of rotatable bonds is 3. The number of ether oxygens (including phenoxy) is 2. The van der Waals surface area contributed by atoms with E-state index < -0.39 is 0 Å². The Morgan fingerprint density at radius 1 is 1.88 bits per heavy atom. The quantitative estimate of drug-likeness (QED) is 0.509. The number of epoxide rings is 1. The van der Waals surface area contributed by atoms with Gasteiger partial charge in [0.15, 0.2) is 0 Å². The van der Waals surface area contributed by atoms with Gasteiger partial charge in [-0.15, -0.1) is 0 Å². The van der Waals surface area contributed by atoms with Crippen LogP contribution >= 0.6 is 0 Å². The highest BCUT2D eigenvalue weighted by atomic mass is 16.6. The highest BCUT2D eigenvalue weighted by Crippen LogP contribution is 2.15. The lowest BCUT2D eigenvalue weighted by Gasteiger charge is -2.05. The van der Waals surface area contributed by atoms with Gasteiger partial charge in [-0.3, -0.25) is 0 Å². The van der Waals surface area contributed by atoms with E-state index in [-0.39, 0.29) is 0 Å². The minimum absolute atomic E-state index is 0.306. The maximum Gasteiger partial charge on any atom is 0.107 e. The van der Waals surface area contributed by atoms with Crippen molar-refractivity contribution in [3.63, 3.8) is 0 Å². The van der Waals surface area contributed by atoms with Crippen molar-refractivity contribution in [2.75, 3.05) is 13.2 Å². The van der Waals surface area contributed by atoms with E-state index in [4.69, 9.17) is 9.47 Å². The van der Waals surface area contributed by atoms with E-state index >= 15 is 0 Å². The van der Waals surface area contributed by atoms with Crippen molar-refractivity contribution < 1.29 is 9.47 Å². The molecule has 0 spiro atoms. The average molecular weight is 116 g/mol. The molecule has 1 fully saturated rings. The highest BCUT2D eigenvalue weighted by molar-refractivity contribution is 4.75. The normalized spacial score (nSPS) is 30.0. The van der Waals surface area contributed by atoms with Crippen molar-refractivity contribution in [3.8, 4) is 0 Å². The van der Waals surface area contributed by atoms with Crippen LogP contribution in [0.15, 0.2) is 0 Å². The van der Waals surface area contributed by atoms with Crippen LogP contribution in [0.5, 0.6) is 0 Å². The van der Waals surface area contributed by atoms with Crippen LogP contribution in [-0.2, 0) is 9.47 Å². The molecule has 0 aliphatic carbocycles. The molecule has 0 saturated carbocycles. The number of hydrogen-bond donors (Lipinski definition) is 0. The SMILES string of the molecule is CCOC(C)C1CO1. The summed E-state index contributed by atoms with van der Waals surface area (Å²) < 4.78 is 10.2. The van der Waals surface area contributed by atoms with Crippen LogP contribution in [0.2, 0.25) is 0 Å². The van der Waals surface area contributed by atoms with Crippen molar-refractivity contribution in [3.05, 3.63) is 0 Å². The summed E-state index contributed by atoms with van der Waals surface area (Å²) in [5.41, 5.74) is 0. The van der Waals surface area contributed by atoms with Gasteiger partial charge in [-0.25, -0.2) is 0 Å².